The third kappa shape index (κ3) is 3.16. The van der Waals surface area contributed by atoms with E-state index in [2.05, 4.69) is 10.2 Å². The molecule has 1 saturated heterocycles. The van der Waals surface area contributed by atoms with Crippen molar-refractivity contribution in [3.8, 4) is 0 Å². The summed E-state index contributed by atoms with van der Waals surface area (Å²) in [6.45, 7) is 3.15. The van der Waals surface area contributed by atoms with E-state index in [1.807, 2.05) is 11.0 Å². The maximum atomic E-state index is 13.2. The molecule has 2 aromatic rings. The molecule has 2 heterocycles. The van der Waals surface area contributed by atoms with Crippen molar-refractivity contribution in [2.45, 2.75) is 32.2 Å². The molecule has 5 nitrogen and oxygen atoms in total. The Kier molecular flexibility index (Phi) is 4.18. The van der Waals surface area contributed by atoms with E-state index in [1.54, 1.807) is 30.2 Å². The Hall–Kier alpha value is -2.24. The molecular weight excluding hydrogens is 283 g/mol. The number of hydrogen-bond acceptors (Lipinski definition) is 3. The van der Waals surface area contributed by atoms with Gasteiger partial charge < -0.3 is 4.90 Å². The van der Waals surface area contributed by atoms with Crippen molar-refractivity contribution >= 4 is 5.91 Å². The smallest absolute Gasteiger partial charge is 0.222 e. The zero-order valence-corrected chi connectivity index (χ0v) is 12.6. The first kappa shape index (κ1) is 14.7. The Morgan fingerprint density at radius 2 is 2.14 bits per heavy atom. The monoisotopic (exact) mass is 302 g/mol. The highest BCUT2D eigenvalue weighted by molar-refractivity contribution is 5.76. The van der Waals surface area contributed by atoms with E-state index in [4.69, 9.17) is 0 Å². The van der Waals surface area contributed by atoms with Crippen LogP contribution in [0.3, 0.4) is 0 Å². The van der Waals surface area contributed by atoms with Crippen LogP contribution in [0.5, 0.6) is 0 Å². The number of aromatic nitrogens is 3. The fourth-order valence-electron chi connectivity index (χ4n) is 2.84. The van der Waals surface area contributed by atoms with Crippen molar-refractivity contribution in [1.29, 1.82) is 0 Å². The summed E-state index contributed by atoms with van der Waals surface area (Å²) >= 11 is 0. The van der Waals surface area contributed by atoms with E-state index in [0.717, 1.165) is 18.5 Å². The van der Waals surface area contributed by atoms with E-state index in [-0.39, 0.29) is 17.8 Å². The summed E-state index contributed by atoms with van der Waals surface area (Å²) in [5.74, 6) is -0.0687. The number of aryl methyl sites for hydroxylation is 2. The maximum Gasteiger partial charge on any atom is 0.222 e. The lowest BCUT2D eigenvalue weighted by Crippen LogP contribution is -2.29. The van der Waals surface area contributed by atoms with Gasteiger partial charge in [-0.15, -0.1) is 0 Å². The molecule has 1 unspecified atom stereocenters. The van der Waals surface area contributed by atoms with Crippen LogP contribution in [-0.4, -0.2) is 38.9 Å². The summed E-state index contributed by atoms with van der Waals surface area (Å²) in [5.41, 5.74) is 1.62. The maximum absolute atomic E-state index is 13.2. The Bertz CT molecular complexity index is 656. The minimum atomic E-state index is -0.204. The minimum absolute atomic E-state index is 0.136. The number of halogens is 1. The quantitative estimate of drug-likeness (QED) is 0.869. The van der Waals surface area contributed by atoms with Crippen LogP contribution < -0.4 is 0 Å². The van der Waals surface area contributed by atoms with Crippen molar-refractivity contribution in [1.82, 2.24) is 19.9 Å². The van der Waals surface area contributed by atoms with Crippen LogP contribution in [0.15, 0.2) is 30.6 Å². The van der Waals surface area contributed by atoms with E-state index in [0.29, 0.717) is 24.9 Å². The first-order valence-corrected chi connectivity index (χ1v) is 7.52. The van der Waals surface area contributed by atoms with Gasteiger partial charge in [0.2, 0.25) is 5.91 Å². The third-order valence-electron chi connectivity index (χ3n) is 4.13. The van der Waals surface area contributed by atoms with Crippen molar-refractivity contribution in [2.75, 3.05) is 13.1 Å². The highest BCUT2D eigenvalue weighted by atomic mass is 19.1. The summed E-state index contributed by atoms with van der Waals surface area (Å²) in [6.07, 6.45) is 5.28. The van der Waals surface area contributed by atoms with Crippen LogP contribution >= 0.6 is 0 Å². The molecule has 22 heavy (non-hydrogen) atoms. The molecule has 0 bridgehead atoms. The molecule has 1 amide bonds. The van der Waals surface area contributed by atoms with Gasteiger partial charge in [-0.05, 0) is 37.0 Å². The van der Waals surface area contributed by atoms with Gasteiger partial charge in [-0.3, -0.25) is 4.79 Å². The number of amides is 1. The summed E-state index contributed by atoms with van der Waals surface area (Å²) in [4.78, 5) is 15.8. The van der Waals surface area contributed by atoms with Crippen LogP contribution in [0.4, 0.5) is 4.39 Å². The highest BCUT2D eigenvalue weighted by Crippen LogP contribution is 2.21. The zero-order valence-electron chi connectivity index (χ0n) is 12.6. The Morgan fingerprint density at radius 3 is 2.86 bits per heavy atom. The van der Waals surface area contributed by atoms with Gasteiger partial charge in [0.1, 0.15) is 5.82 Å². The fraction of sp³-hybridized carbons (Fsp3) is 0.438. The molecule has 1 aromatic carbocycles. The SMILES string of the molecule is Cc1cc(CCC(=O)N2CCC(n3nccn3)C2)ccc1F. The predicted octanol–water partition coefficient (Wildman–Crippen LogP) is 2.13. The van der Waals surface area contributed by atoms with Gasteiger partial charge in [0.05, 0.1) is 18.4 Å². The average Bonchev–Trinajstić information content (AvgIpc) is 3.18. The Labute approximate surface area is 128 Å². The molecule has 1 atom stereocenters. The zero-order chi connectivity index (χ0) is 15.5. The van der Waals surface area contributed by atoms with Gasteiger partial charge in [0.15, 0.2) is 0 Å². The summed E-state index contributed by atoms with van der Waals surface area (Å²) < 4.78 is 13.2. The number of carbonyl (C=O) groups is 1. The first-order chi connectivity index (χ1) is 10.6. The van der Waals surface area contributed by atoms with Crippen LogP contribution in [0, 0.1) is 12.7 Å². The van der Waals surface area contributed by atoms with Crippen LogP contribution in [0.2, 0.25) is 0 Å². The molecule has 116 valence electrons. The van der Waals surface area contributed by atoms with Crippen molar-refractivity contribution in [3.63, 3.8) is 0 Å². The molecule has 0 spiro atoms. The topological polar surface area (TPSA) is 51.0 Å². The highest BCUT2D eigenvalue weighted by Gasteiger charge is 2.27. The molecule has 0 saturated carbocycles. The molecular formula is C16H19FN4O. The number of rotatable bonds is 4. The summed E-state index contributed by atoms with van der Waals surface area (Å²) in [6, 6.07) is 5.19. The summed E-state index contributed by atoms with van der Waals surface area (Å²) in [5, 5.41) is 8.27. The minimum Gasteiger partial charge on any atom is -0.340 e. The van der Waals surface area contributed by atoms with Gasteiger partial charge in [0.25, 0.3) is 0 Å². The Balaban J connectivity index is 1.53. The normalized spacial score (nSPS) is 17.9. The van der Waals surface area contributed by atoms with Gasteiger partial charge in [0, 0.05) is 19.5 Å². The second-order valence-electron chi connectivity index (χ2n) is 5.72. The van der Waals surface area contributed by atoms with Crippen molar-refractivity contribution in [3.05, 3.63) is 47.5 Å². The standard InChI is InChI=1S/C16H19FN4O/c1-12-10-13(2-4-15(12)17)3-5-16(22)20-9-6-14(11-20)21-18-7-8-19-21/h2,4,7-8,10,14H,3,5-6,9,11H2,1H3. The van der Waals surface area contributed by atoms with Gasteiger partial charge in [-0.1, -0.05) is 12.1 Å². The third-order valence-corrected chi connectivity index (χ3v) is 4.13. The molecule has 1 aliphatic heterocycles. The van der Waals surface area contributed by atoms with E-state index >= 15 is 0 Å². The molecule has 0 N–H and O–H groups in total. The van der Waals surface area contributed by atoms with Gasteiger partial charge >= 0.3 is 0 Å². The van der Waals surface area contributed by atoms with Crippen LogP contribution in [0.25, 0.3) is 0 Å². The molecule has 1 aliphatic rings. The van der Waals surface area contributed by atoms with Crippen LogP contribution in [0.1, 0.15) is 30.0 Å². The van der Waals surface area contributed by atoms with Crippen molar-refractivity contribution in [2.24, 2.45) is 0 Å². The summed E-state index contributed by atoms with van der Waals surface area (Å²) in [7, 11) is 0. The number of benzene rings is 1. The van der Waals surface area contributed by atoms with Crippen LogP contribution in [-0.2, 0) is 11.2 Å². The van der Waals surface area contributed by atoms with Gasteiger partial charge in [-0.2, -0.15) is 15.0 Å². The molecule has 3 rings (SSSR count). The lowest BCUT2D eigenvalue weighted by Gasteiger charge is -2.16. The fourth-order valence-corrected chi connectivity index (χ4v) is 2.84. The number of carbonyl (C=O) groups excluding carboxylic acids is 1. The van der Waals surface area contributed by atoms with E-state index < -0.39 is 0 Å². The van der Waals surface area contributed by atoms with Crippen molar-refractivity contribution < 1.29 is 9.18 Å². The molecule has 0 radical (unpaired) electrons. The molecule has 6 heteroatoms. The second kappa shape index (κ2) is 6.25. The lowest BCUT2D eigenvalue weighted by atomic mass is 10.1. The number of hydrogen-bond donors (Lipinski definition) is 0. The first-order valence-electron chi connectivity index (χ1n) is 7.52. The Morgan fingerprint density at radius 1 is 1.36 bits per heavy atom. The molecule has 0 aliphatic carbocycles. The van der Waals surface area contributed by atoms with E-state index in [9.17, 15) is 9.18 Å². The molecule has 1 fully saturated rings. The number of nitrogens with zero attached hydrogens (tertiary/aromatic N) is 4. The number of likely N-dealkylation sites (tertiary alicyclic amines) is 1. The second-order valence-corrected chi connectivity index (χ2v) is 5.72. The lowest BCUT2D eigenvalue weighted by molar-refractivity contribution is -0.130. The average molecular weight is 302 g/mol. The predicted molar refractivity (Wildman–Crippen MR) is 79.7 cm³/mol. The van der Waals surface area contributed by atoms with Gasteiger partial charge in [-0.25, -0.2) is 4.39 Å². The largest absolute Gasteiger partial charge is 0.340 e. The molecule has 1 aromatic heterocycles. The van der Waals surface area contributed by atoms with E-state index in [1.165, 1.54) is 6.07 Å².